The number of hydrogen-bond acceptors (Lipinski definition) is 3. The molecule has 1 aromatic rings. The van der Waals surface area contributed by atoms with Crippen LogP contribution in [-0.2, 0) is 11.3 Å². The monoisotopic (exact) mass is 339 g/mol. The van der Waals surface area contributed by atoms with Gasteiger partial charge >= 0.3 is 0 Å². The summed E-state index contributed by atoms with van der Waals surface area (Å²) in [5.74, 6) is 0.130. The zero-order valence-corrected chi connectivity index (χ0v) is 13.9. The van der Waals surface area contributed by atoms with Gasteiger partial charge in [-0.05, 0) is 38.1 Å². The molecule has 110 valence electrons. The Morgan fingerprint density at radius 2 is 2.20 bits per heavy atom. The zero-order chi connectivity index (χ0) is 14.8. The van der Waals surface area contributed by atoms with Crippen molar-refractivity contribution in [2.75, 3.05) is 32.1 Å². The molecule has 0 bridgehead atoms. The van der Waals surface area contributed by atoms with Crippen molar-refractivity contribution >= 4 is 27.5 Å². The van der Waals surface area contributed by atoms with Gasteiger partial charge in [0.15, 0.2) is 0 Å². The molecule has 1 aliphatic heterocycles. The van der Waals surface area contributed by atoms with E-state index in [9.17, 15) is 4.79 Å². The molecule has 1 aliphatic rings. The van der Waals surface area contributed by atoms with Crippen LogP contribution >= 0.6 is 15.9 Å². The minimum atomic E-state index is -0.287. The highest BCUT2D eigenvalue weighted by atomic mass is 79.9. The summed E-state index contributed by atoms with van der Waals surface area (Å²) in [4.78, 5) is 14.2. The fraction of sp³-hybridized carbons (Fsp3) is 0.533. The lowest BCUT2D eigenvalue weighted by Crippen LogP contribution is -2.39. The van der Waals surface area contributed by atoms with Crippen LogP contribution in [0.2, 0.25) is 0 Å². The van der Waals surface area contributed by atoms with Crippen LogP contribution in [0.5, 0.6) is 0 Å². The van der Waals surface area contributed by atoms with Gasteiger partial charge in [-0.3, -0.25) is 4.79 Å². The fourth-order valence-corrected chi connectivity index (χ4v) is 3.24. The minimum absolute atomic E-state index is 0.130. The first-order valence-electron chi connectivity index (χ1n) is 6.90. The quantitative estimate of drug-likeness (QED) is 0.883. The Kier molecular flexibility index (Phi) is 4.70. The third-order valence-electron chi connectivity index (χ3n) is 4.02. The second-order valence-electron chi connectivity index (χ2n) is 5.62. The average Bonchev–Trinajstić information content (AvgIpc) is 2.84. The van der Waals surface area contributed by atoms with Crippen molar-refractivity contribution in [3.8, 4) is 0 Å². The number of hydrogen-bond donors (Lipinski definition) is 2. The van der Waals surface area contributed by atoms with Crippen LogP contribution in [0.15, 0.2) is 22.7 Å². The molecule has 1 unspecified atom stereocenters. The number of halogens is 1. The lowest BCUT2D eigenvalue weighted by Gasteiger charge is -2.24. The van der Waals surface area contributed by atoms with Crippen molar-refractivity contribution in [3.63, 3.8) is 0 Å². The van der Waals surface area contributed by atoms with E-state index in [1.165, 1.54) is 11.3 Å². The normalized spacial score (nSPS) is 22.1. The van der Waals surface area contributed by atoms with E-state index in [-0.39, 0.29) is 11.3 Å². The highest BCUT2D eigenvalue weighted by molar-refractivity contribution is 9.10. The molecule has 5 heteroatoms. The van der Waals surface area contributed by atoms with Crippen LogP contribution in [0.3, 0.4) is 0 Å². The highest BCUT2D eigenvalue weighted by Crippen LogP contribution is 2.34. The summed E-state index contributed by atoms with van der Waals surface area (Å²) in [6, 6.07) is 6.40. The maximum atomic E-state index is 12.0. The summed E-state index contributed by atoms with van der Waals surface area (Å²) in [6.45, 7) is 4.57. The summed E-state index contributed by atoms with van der Waals surface area (Å²) >= 11 is 3.62. The maximum absolute atomic E-state index is 12.0. The van der Waals surface area contributed by atoms with E-state index in [4.69, 9.17) is 0 Å². The Hall–Kier alpha value is -1.07. The van der Waals surface area contributed by atoms with E-state index in [0.717, 1.165) is 30.5 Å². The number of carbonyl (C=O) groups excluding carboxylic acids is 1. The number of anilines is 1. The predicted molar refractivity (Wildman–Crippen MR) is 85.9 cm³/mol. The molecule has 20 heavy (non-hydrogen) atoms. The van der Waals surface area contributed by atoms with Gasteiger partial charge in [-0.2, -0.15) is 0 Å². The van der Waals surface area contributed by atoms with E-state index in [1.54, 1.807) is 7.05 Å². The Morgan fingerprint density at radius 3 is 2.80 bits per heavy atom. The second kappa shape index (κ2) is 6.14. The Bertz CT molecular complexity index is 506. The maximum Gasteiger partial charge on any atom is 0.227 e. The number of nitrogens with one attached hydrogen (secondary N) is 2. The van der Waals surface area contributed by atoms with Gasteiger partial charge in [0.1, 0.15) is 0 Å². The van der Waals surface area contributed by atoms with Gasteiger partial charge in [0, 0.05) is 36.8 Å². The van der Waals surface area contributed by atoms with Crippen molar-refractivity contribution < 1.29 is 4.79 Å². The van der Waals surface area contributed by atoms with E-state index < -0.39 is 0 Å². The van der Waals surface area contributed by atoms with E-state index in [2.05, 4.69) is 49.7 Å². The van der Waals surface area contributed by atoms with Gasteiger partial charge in [0.25, 0.3) is 0 Å². The molecule has 0 spiro atoms. The molecule has 1 saturated heterocycles. The Balaban J connectivity index is 2.14. The van der Waals surface area contributed by atoms with Gasteiger partial charge in [0.2, 0.25) is 5.91 Å². The van der Waals surface area contributed by atoms with Gasteiger partial charge in [-0.25, -0.2) is 0 Å². The number of carbonyl (C=O) groups is 1. The lowest BCUT2D eigenvalue weighted by atomic mass is 9.89. The molecule has 1 heterocycles. The largest absolute Gasteiger partial charge is 0.370 e. The number of nitrogens with zero attached hydrogens (tertiary/aromatic N) is 1. The second-order valence-corrected chi connectivity index (χ2v) is 6.47. The summed E-state index contributed by atoms with van der Waals surface area (Å²) in [7, 11) is 3.65. The minimum Gasteiger partial charge on any atom is -0.370 e. The van der Waals surface area contributed by atoms with Gasteiger partial charge in [0.05, 0.1) is 5.41 Å². The SMILES string of the molecule is CNCc1ccc(N2CCC(C)(C(=O)NC)C2)cc1Br. The zero-order valence-electron chi connectivity index (χ0n) is 12.3. The molecular formula is C15H22BrN3O. The van der Waals surface area contributed by atoms with E-state index in [0.29, 0.717) is 0 Å². The summed E-state index contributed by atoms with van der Waals surface area (Å²) in [6.07, 6.45) is 0.891. The molecule has 0 radical (unpaired) electrons. The Labute approximate surface area is 129 Å². The molecule has 1 fully saturated rings. The molecule has 2 rings (SSSR count). The molecule has 0 saturated carbocycles. The smallest absolute Gasteiger partial charge is 0.227 e. The molecule has 4 nitrogen and oxygen atoms in total. The summed E-state index contributed by atoms with van der Waals surface area (Å²) in [5.41, 5.74) is 2.12. The predicted octanol–water partition coefficient (Wildman–Crippen LogP) is 2.13. The van der Waals surface area contributed by atoms with Crippen LogP contribution in [0.1, 0.15) is 18.9 Å². The topological polar surface area (TPSA) is 44.4 Å². The summed E-state index contributed by atoms with van der Waals surface area (Å²) < 4.78 is 1.11. The molecule has 1 atom stereocenters. The van der Waals surface area contributed by atoms with Crippen molar-refractivity contribution in [2.24, 2.45) is 5.41 Å². The first-order chi connectivity index (χ1) is 9.50. The Morgan fingerprint density at radius 1 is 1.45 bits per heavy atom. The molecule has 1 aromatic carbocycles. The third-order valence-corrected chi connectivity index (χ3v) is 4.76. The van der Waals surface area contributed by atoms with Crippen LogP contribution in [0.25, 0.3) is 0 Å². The summed E-state index contributed by atoms with van der Waals surface area (Å²) in [5, 5.41) is 5.93. The van der Waals surface area contributed by atoms with Gasteiger partial charge < -0.3 is 15.5 Å². The number of amides is 1. The molecular weight excluding hydrogens is 318 g/mol. The van der Waals surface area contributed by atoms with Crippen LogP contribution in [0, 0.1) is 5.41 Å². The number of rotatable bonds is 4. The van der Waals surface area contributed by atoms with Crippen molar-refractivity contribution in [2.45, 2.75) is 19.9 Å². The van der Waals surface area contributed by atoms with E-state index >= 15 is 0 Å². The van der Waals surface area contributed by atoms with Crippen LogP contribution in [0.4, 0.5) is 5.69 Å². The molecule has 2 N–H and O–H groups in total. The molecule has 0 aliphatic carbocycles. The van der Waals surface area contributed by atoms with Crippen molar-refractivity contribution in [1.29, 1.82) is 0 Å². The third kappa shape index (κ3) is 2.99. The molecule has 0 aromatic heterocycles. The van der Waals surface area contributed by atoms with Crippen molar-refractivity contribution in [3.05, 3.63) is 28.2 Å². The van der Waals surface area contributed by atoms with Crippen LogP contribution < -0.4 is 15.5 Å². The fourth-order valence-electron chi connectivity index (χ4n) is 2.74. The first-order valence-corrected chi connectivity index (χ1v) is 7.69. The van der Waals surface area contributed by atoms with Crippen molar-refractivity contribution in [1.82, 2.24) is 10.6 Å². The van der Waals surface area contributed by atoms with Gasteiger partial charge in [-0.15, -0.1) is 0 Å². The first kappa shape index (κ1) is 15.3. The van der Waals surface area contributed by atoms with E-state index in [1.807, 2.05) is 14.0 Å². The lowest BCUT2D eigenvalue weighted by molar-refractivity contribution is -0.128. The highest BCUT2D eigenvalue weighted by Gasteiger charge is 2.39. The average molecular weight is 340 g/mol. The van der Waals surface area contributed by atoms with Gasteiger partial charge in [-0.1, -0.05) is 22.0 Å². The number of benzene rings is 1. The standard InChI is InChI=1S/C15H22BrN3O/c1-15(14(20)18-3)6-7-19(10-15)12-5-4-11(9-17-2)13(16)8-12/h4-5,8,17H,6-7,9-10H2,1-3H3,(H,18,20). The van der Waals surface area contributed by atoms with Crippen LogP contribution in [-0.4, -0.2) is 33.1 Å². The molecule has 1 amide bonds.